The highest BCUT2D eigenvalue weighted by Crippen LogP contribution is 2.32. The molecule has 2 aromatic carbocycles. The van der Waals surface area contributed by atoms with Gasteiger partial charge in [0.15, 0.2) is 0 Å². The first kappa shape index (κ1) is 35.9. The second-order valence-electron chi connectivity index (χ2n) is 12.8. The third kappa shape index (κ3) is 10.4. The molecule has 4 unspecified atom stereocenters. The monoisotopic (exact) mass is 611 g/mol. The summed E-state index contributed by atoms with van der Waals surface area (Å²) < 4.78 is 5.53. The minimum Gasteiger partial charge on any atom is -0.444 e. The maximum absolute atomic E-state index is 14.7. The number of aryl methyl sites for hydroxylation is 1. The molecule has 8 heteroatoms. The number of rotatable bonds is 13. The van der Waals surface area contributed by atoms with E-state index in [1.54, 1.807) is 37.8 Å². The van der Waals surface area contributed by atoms with E-state index in [-0.39, 0.29) is 17.9 Å². The first-order valence-electron chi connectivity index (χ1n) is 15.2. The van der Waals surface area contributed by atoms with Crippen LogP contribution in [0.2, 0.25) is 5.02 Å². The van der Waals surface area contributed by atoms with Crippen LogP contribution in [0.5, 0.6) is 0 Å². The van der Waals surface area contributed by atoms with Crippen molar-refractivity contribution in [1.29, 1.82) is 0 Å². The van der Waals surface area contributed by atoms with Gasteiger partial charge in [0, 0.05) is 6.04 Å². The van der Waals surface area contributed by atoms with E-state index in [2.05, 4.69) is 31.1 Å². The SMILES string of the molecule is C=Cc1cccc(C(C(=O)Nc2c(C)cccc2Cl)N(C(=O)C(NC(=O)OC(C)(C)C)C(C)CC)C(C)CCC(C)C)c1. The Hall–Kier alpha value is -3.32. The zero-order valence-corrected chi connectivity index (χ0v) is 28.0. The Labute approximate surface area is 263 Å². The van der Waals surface area contributed by atoms with E-state index < -0.39 is 29.7 Å². The molecule has 236 valence electrons. The summed E-state index contributed by atoms with van der Waals surface area (Å²) in [5.41, 5.74) is 2.00. The quantitative estimate of drug-likeness (QED) is 0.237. The van der Waals surface area contributed by atoms with Crippen LogP contribution in [0, 0.1) is 18.8 Å². The second-order valence-corrected chi connectivity index (χ2v) is 13.2. The van der Waals surface area contributed by atoms with Gasteiger partial charge in [-0.1, -0.05) is 88.7 Å². The molecule has 2 aromatic rings. The Balaban J connectivity index is 2.73. The molecule has 0 heterocycles. The standard InChI is InChI=1S/C35H50ClN3O4/c1-11-23(5)30(38-34(42)43-35(8,9)10)33(41)39(25(7)20-19-22(3)4)31(27-17-14-16-26(12-2)21-27)32(40)37-29-24(6)15-13-18-28(29)36/h12-18,21-23,25,30-31H,2,11,19-20H2,1,3-10H3,(H,37,40)(H,38,42). The molecule has 0 aliphatic heterocycles. The molecule has 4 atom stereocenters. The molecule has 0 aliphatic rings. The number of carbonyl (C=O) groups is 3. The Morgan fingerprint density at radius 2 is 1.70 bits per heavy atom. The molecule has 0 aliphatic carbocycles. The molecule has 43 heavy (non-hydrogen) atoms. The van der Waals surface area contributed by atoms with Gasteiger partial charge in [-0.3, -0.25) is 9.59 Å². The van der Waals surface area contributed by atoms with Crippen LogP contribution in [0.15, 0.2) is 49.0 Å². The Bertz CT molecular complexity index is 1250. The van der Waals surface area contributed by atoms with E-state index in [4.69, 9.17) is 16.3 Å². The highest BCUT2D eigenvalue weighted by Gasteiger charge is 2.40. The van der Waals surface area contributed by atoms with Crippen LogP contribution in [-0.4, -0.2) is 40.5 Å². The number of nitrogens with one attached hydrogen (secondary N) is 2. The largest absolute Gasteiger partial charge is 0.444 e. The molecule has 0 radical (unpaired) electrons. The molecular weight excluding hydrogens is 562 g/mol. The molecule has 3 amide bonds. The van der Waals surface area contributed by atoms with Crippen molar-refractivity contribution in [3.05, 3.63) is 70.8 Å². The maximum Gasteiger partial charge on any atom is 0.408 e. The number of anilines is 1. The van der Waals surface area contributed by atoms with E-state index in [1.165, 1.54) is 0 Å². The van der Waals surface area contributed by atoms with Gasteiger partial charge >= 0.3 is 6.09 Å². The Kier molecular flexibility index (Phi) is 13.3. The highest BCUT2D eigenvalue weighted by atomic mass is 35.5. The van der Waals surface area contributed by atoms with Gasteiger partial charge in [-0.2, -0.15) is 0 Å². The van der Waals surface area contributed by atoms with E-state index >= 15 is 0 Å². The van der Waals surface area contributed by atoms with E-state index in [9.17, 15) is 14.4 Å². The summed E-state index contributed by atoms with van der Waals surface area (Å²) in [5, 5.41) is 6.26. The number of hydrogen-bond acceptors (Lipinski definition) is 4. The first-order chi connectivity index (χ1) is 20.1. The van der Waals surface area contributed by atoms with Gasteiger partial charge < -0.3 is 20.3 Å². The topological polar surface area (TPSA) is 87.7 Å². The van der Waals surface area contributed by atoms with Gasteiger partial charge in [0.1, 0.15) is 17.7 Å². The molecule has 0 spiro atoms. The average molecular weight is 612 g/mol. The molecule has 0 saturated heterocycles. The number of hydrogen-bond donors (Lipinski definition) is 2. The van der Waals surface area contributed by atoms with Crippen LogP contribution in [0.3, 0.4) is 0 Å². The zero-order valence-electron chi connectivity index (χ0n) is 27.3. The third-order valence-corrected chi connectivity index (χ3v) is 7.82. The Morgan fingerprint density at radius 3 is 2.26 bits per heavy atom. The van der Waals surface area contributed by atoms with Crippen LogP contribution in [-0.2, 0) is 14.3 Å². The summed E-state index contributed by atoms with van der Waals surface area (Å²) in [4.78, 5) is 43.7. The lowest BCUT2D eigenvalue weighted by Crippen LogP contribution is -2.57. The molecular formula is C35H50ClN3O4. The first-order valence-corrected chi connectivity index (χ1v) is 15.6. The van der Waals surface area contributed by atoms with Crippen LogP contribution < -0.4 is 10.6 Å². The van der Waals surface area contributed by atoms with E-state index in [0.29, 0.717) is 35.0 Å². The number of amides is 3. The summed E-state index contributed by atoms with van der Waals surface area (Å²) in [7, 11) is 0. The van der Waals surface area contributed by atoms with Crippen LogP contribution in [0.25, 0.3) is 6.08 Å². The van der Waals surface area contributed by atoms with E-state index in [0.717, 1.165) is 17.5 Å². The van der Waals surface area contributed by atoms with Gasteiger partial charge in [-0.05, 0) is 88.1 Å². The van der Waals surface area contributed by atoms with Crippen molar-refractivity contribution in [3.63, 3.8) is 0 Å². The van der Waals surface area contributed by atoms with Crippen molar-refractivity contribution in [3.8, 4) is 0 Å². The number of carbonyl (C=O) groups excluding carboxylic acids is 3. The smallest absolute Gasteiger partial charge is 0.408 e. The highest BCUT2D eigenvalue weighted by molar-refractivity contribution is 6.34. The minimum atomic E-state index is -1.02. The lowest BCUT2D eigenvalue weighted by atomic mass is 9.92. The molecule has 2 rings (SSSR count). The van der Waals surface area contributed by atoms with Crippen LogP contribution in [0.4, 0.5) is 10.5 Å². The molecule has 0 saturated carbocycles. The summed E-state index contributed by atoms with van der Waals surface area (Å²) in [6, 6.07) is 10.6. The fourth-order valence-corrected chi connectivity index (χ4v) is 5.14. The lowest BCUT2D eigenvalue weighted by Gasteiger charge is -2.40. The zero-order chi connectivity index (χ0) is 32.5. The summed E-state index contributed by atoms with van der Waals surface area (Å²) >= 11 is 6.51. The van der Waals surface area contributed by atoms with Crippen molar-refractivity contribution in [2.45, 2.75) is 105 Å². The number of alkyl carbamates (subject to hydrolysis) is 1. The number of nitrogens with zero attached hydrogens (tertiary/aromatic N) is 1. The lowest BCUT2D eigenvalue weighted by molar-refractivity contribution is -0.144. The number of ether oxygens (including phenoxy) is 1. The Morgan fingerprint density at radius 1 is 1.05 bits per heavy atom. The maximum atomic E-state index is 14.7. The number of benzene rings is 2. The minimum absolute atomic E-state index is 0.228. The fraction of sp³-hybridized carbons (Fsp3) is 0.514. The average Bonchev–Trinajstić information content (AvgIpc) is 2.93. The predicted octanol–water partition coefficient (Wildman–Crippen LogP) is 8.56. The van der Waals surface area contributed by atoms with Gasteiger partial charge in [0.25, 0.3) is 5.91 Å². The van der Waals surface area contributed by atoms with Crippen molar-refractivity contribution < 1.29 is 19.1 Å². The van der Waals surface area contributed by atoms with Gasteiger partial charge in [-0.15, -0.1) is 0 Å². The van der Waals surface area contributed by atoms with Gasteiger partial charge in [0.05, 0.1) is 10.7 Å². The third-order valence-electron chi connectivity index (χ3n) is 7.50. The van der Waals surface area contributed by atoms with Crippen molar-refractivity contribution >= 4 is 41.3 Å². The molecule has 7 nitrogen and oxygen atoms in total. The fourth-order valence-electron chi connectivity index (χ4n) is 4.87. The van der Waals surface area contributed by atoms with Crippen LogP contribution >= 0.6 is 11.6 Å². The number of halogens is 1. The van der Waals surface area contributed by atoms with Crippen LogP contribution in [0.1, 0.15) is 97.4 Å². The predicted molar refractivity (Wildman–Crippen MR) is 177 cm³/mol. The summed E-state index contributed by atoms with van der Waals surface area (Å²) in [6.07, 6.45) is 3.17. The van der Waals surface area contributed by atoms with Gasteiger partial charge in [0.2, 0.25) is 5.91 Å². The molecule has 0 aromatic heterocycles. The molecule has 0 fully saturated rings. The number of para-hydroxylation sites is 1. The second kappa shape index (κ2) is 15.9. The molecule has 0 bridgehead atoms. The summed E-state index contributed by atoms with van der Waals surface area (Å²) in [6.45, 7) is 21.2. The normalized spacial score (nSPS) is 14.3. The van der Waals surface area contributed by atoms with Crippen molar-refractivity contribution in [2.24, 2.45) is 11.8 Å². The van der Waals surface area contributed by atoms with Gasteiger partial charge in [-0.25, -0.2) is 4.79 Å². The van der Waals surface area contributed by atoms with Crippen molar-refractivity contribution in [2.75, 3.05) is 5.32 Å². The van der Waals surface area contributed by atoms with Crippen molar-refractivity contribution in [1.82, 2.24) is 10.2 Å². The molecule has 2 N–H and O–H groups in total. The van der Waals surface area contributed by atoms with E-state index in [1.807, 2.05) is 64.1 Å². The summed E-state index contributed by atoms with van der Waals surface area (Å²) in [5.74, 6) is -0.584.